The average molecular weight is 989 g/mol. The maximum Gasteiger partial charge on any atom is 0.355 e. The van der Waals surface area contributed by atoms with Crippen molar-refractivity contribution in [2.45, 2.75) is 99.9 Å². The van der Waals surface area contributed by atoms with Crippen molar-refractivity contribution >= 4 is 80.9 Å². The van der Waals surface area contributed by atoms with Crippen LogP contribution >= 0.6 is 39.5 Å². The van der Waals surface area contributed by atoms with Crippen molar-refractivity contribution in [3.8, 4) is 0 Å². The zero-order valence-corrected chi connectivity index (χ0v) is 39.8. The van der Waals surface area contributed by atoms with E-state index in [1.165, 1.54) is 82.2 Å². The van der Waals surface area contributed by atoms with Gasteiger partial charge in [-0.3, -0.25) is 43.7 Å². The van der Waals surface area contributed by atoms with Gasteiger partial charge in [0.05, 0.1) is 16.2 Å². The summed E-state index contributed by atoms with van der Waals surface area (Å²) < 4.78 is 13.7. The number of esters is 2. The monoisotopic (exact) mass is 987 g/mol. The van der Waals surface area contributed by atoms with Gasteiger partial charge in [-0.05, 0) is 72.1 Å². The number of halogens is 1. The molecule has 6 unspecified atom stereocenters. The number of aliphatic carboxylic acids is 1. The summed E-state index contributed by atoms with van der Waals surface area (Å²) in [5.74, 6) is -0.860. The van der Waals surface area contributed by atoms with Gasteiger partial charge in [-0.2, -0.15) is 10.2 Å². The van der Waals surface area contributed by atoms with Gasteiger partial charge in [-0.15, -0.1) is 23.5 Å². The predicted octanol–water partition coefficient (Wildman–Crippen LogP) is 6.58. The number of carboxylic acids is 1. The predicted molar refractivity (Wildman–Crippen MR) is 240 cm³/mol. The number of ether oxygens (including phenoxy) is 2. The van der Waals surface area contributed by atoms with Gasteiger partial charge in [-0.25, -0.2) is 9.59 Å². The molecule has 17 nitrogen and oxygen atoms in total. The number of aryl methyl sites for hydroxylation is 2. The minimum atomic E-state index is -1.32. The van der Waals surface area contributed by atoms with Crippen LogP contribution in [0.15, 0.2) is 52.0 Å². The molecule has 340 valence electrons. The number of hydrogen-bond donors (Lipinski definition) is 1. The van der Waals surface area contributed by atoms with Crippen molar-refractivity contribution in [1.82, 2.24) is 29.4 Å². The largest absolute Gasteiger partial charge is 0.477 e. The molecule has 6 heterocycles. The lowest BCUT2D eigenvalue weighted by Crippen LogP contribution is -2.70. The number of fused-ring (bicyclic) bond motifs is 2. The molecular weight excluding hydrogens is 943 g/mol. The quantitative estimate of drug-likeness (QED) is 0.0600. The summed E-state index contributed by atoms with van der Waals surface area (Å²) in [7, 11) is 3.88. The zero-order chi connectivity index (χ0) is 46.4. The Bertz CT molecular complexity index is 2780. The second kappa shape index (κ2) is 14.9. The molecule has 3 aromatic rings. The van der Waals surface area contributed by atoms with Crippen molar-refractivity contribution in [2.75, 3.05) is 0 Å². The van der Waals surface area contributed by atoms with Crippen molar-refractivity contribution in [3.05, 3.63) is 102 Å². The topological polar surface area (TPSA) is 209 Å². The van der Waals surface area contributed by atoms with Gasteiger partial charge in [-0.1, -0.05) is 43.6 Å². The van der Waals surface area contributed by atoms with Gasteiger partial charge in [0.1, 0.15) is 34.4 Å². The first kappa shape index (κ1) is 43.7. The minimum absolute atomic E-state index is 0.0649. The average Bonchev–Trinajstić information content (AvgIpc) is 4.05. The second-order valence-corrected chi connectivity index (χ2v) is 22.5. The molecule has 4 fully saturated rings. The molecule has 65 heavy (non-hydrogen) atoms. The first-order valence-electron chi connectivity index (χ1n) is 21.4. The summed E-state index contributed by atoms with van der Waals surface area (Å²) in [6.07, 6.45) is 5.04. The molecule has 6 aliphatic carbocycles. The van der Waals surface area contributed by atoms with Gasteiger partial charge < -0.3 is 14.6 Å². The molecule has 2 saturated carbocycles. The number of thioether (sulfide) groups is 2. The molecule has 4 aliphatic heterocycles. The summed E-state index contributed by atoms with van der Waals surface area (Å²) in [6.45, 7) is 10.4. The van der Waals surface area contributed by atoms with Crippen LogP contribution in [-0.4, -0.2) is 84.2 Å². The number of nitro groups is 1. The maximum absolute atomic E-state index is 13.7. The Morgan fingerprint density at radius 2 is 1.54 bits per heavy atom. The van der Waals surface area contributed by atoms with Gasteiger partial charge in [0, 0.05) is 78.3 Å². The zero-order valence-electron chi connectivity index (χ0n) is 36.6. The highest BCUT2D eigenvalue weighted by atomic mass is 79.9. The minimum Gasteiger partial charge on any atom is -0.477 e. The number of carbonyl (C=O) groups is 5. The van der Waals surface area contributed by atoms with Gasteiger partial charge >= 0.3 is 17.9 Å². The smallest absolute Gasteiger partial charge is 0.355 e. The Morgan fingerprint density at radius 3 is 2.14 bits per heavy atom. The molecule has 10 aliphatic rings. The van der Waals surface area contributed by atoms with E-state index in [1.54, 1.807) is 10.8 Å². The maximum atomic E-state index is 13.7. The van der Waals surface area contributed by atoms with Crippen LogP contribution in [0.3, 0.4) is 0 Å². The van der Waals surface area contributed by atoms with Crippen molar-refractivity contribution < 1.29 is 43.5 Å². The number of nitro benzene ring substituents is 1. The number of carbonyl (C=O) groups excluding carboxylic acids is 4. The van der Waals surface area contributed by atoms with Crippen LogP contribution in [0.4, 0.5) is 5.69 Å². The highest BCUT2D eigenvalue weighted by Gasteiger charge is 2.70. The number of β-lactam (4-membered cyclic amide) rings is 2. The highest BCUT2D eigenvalue weighted by molar-refractivity contribution is 9.10. The highest BCUT2D eigenvalue weighted by Crippen LogP contribution is 2.65. The fourth-order valence-corrected chi connectivity index (χ4v) is 14.7. The number of rotatable bonds is 9. The molecule has 0 spiro atoms. The van der Waals surface area contributed by atoms with Gasteiger partial charge in [0.2, 0.25) is 0 Å². The fourth-order valence-electron chi connectivity index (χ4n) is 11.3. The fraction of sp³-hybridized carbons (Fsp3) is 0.489. The van der Waals surface area contributed by atoms with Crippen LogP contribution in [0.2, 0.25) is 0 Å². The molecule has 1 N–H and O–H groups in total. The molecule has 2 aromatic heterocycles. The number of carboxylic acid groups (broad SMARTS) is 1. The lowest BCUT2D eigenvalue weighted by Gasteiger charge is -2.56. The Kier molecular flexibility index (Phi) is 10.0. The van der Waals surface area contributed by atoms with E-state index in [-0.39, 0.29) is 40.4 Å². The lowest BCUT2D eigenvalue weighted by molar-refractivity contribution is -0.384. The first-order valence-corrected chi connectivity index (χ1v) is 24.0. The number of amides is 2. The molecule has 2 amide bonds. The number of alkyl halides is 1. The van der Waals surface area contributed by atoms with Crippen molar-refractivity contribution in [1.29, 1.82) is 0 Å². The molecule has 13 rings (SSSR count). The number of hydrogen-bond acceptors (Lipinski definition) is 13. The molecule has 20 heteroatoms. The summed E-state index contributed by atoms with van der Waals surface area (Å²) in [5.41, 5.74) is 8.03. The van der Waals surface area contributed by atoms with E-state index < -0.39 is 44.5 Å². The molecule has 4 bridgehead atoms. The van der Waals surface area contributed by atoms with E-state index in [0.717, 1.165) is 36.2 Å². The Balaban J connectivity index is 0.000000170. The molecule has 8 atom stereocenters. The van der Waals surface area contributed by atoms with Crippen LogP contribution in [0.1, 0.15) is 105 Å². The SMILES string of the molecule is CC(=O)OC(c1nn(C)c2c1CC1CC2C1(C)C)C1(Br)C(=O)N2C(C(=O)OCc3ccc([N+](=O)[O-])cc3)=CS[C@@H]21.Cn1nc(/C=C2/C(=O)N3C(C(=O)O)=CS[C@H]23)c2c1C1CC(C2)C1(C)C. The van der Waals surface area contributed by atoms with E-state index in [0.29, 0.717) is 45.9 Å². The summed E-state index contributed by atoms with van der Waals surface area (Å²) in [6, 6.07) is 5.68. The molecule has 1 aromatic carbocycles. The second-order valence-electron chi connectivity index (χ2n) is 19.3. The number of non-ortho nitro benzene ring substituents is 1. The van der Waals surface area contributed by atoms with Crippen LogP contribution in [0.5, 0.6) is 0 Å². The van der Waals surface area contributed by atoms with Crippen molar-refractivity contribution in [2.24, 2.45) is 36.8 Å². The lowest BCUT2D eigenvalue weighted by atomic mass is 9.48. The third kappa shape index (κ3) is 6.28. The third-order valence-electron chi connectivity index (χ3n) is 15.3. The van der Waals surface area contributed by atoms with Crippen LogP contribution in [-0.2, 0) is 67.0 Å². The standard InChI is InChI=1S/C27H27BrN4O7S.C18H19N3O3S/c1-13(33)39-22(20-17-9-15-10-18(26(15,2)3)21(17)30(4)29-20)27(28)24(35)31-19(12-40-25(27)31)23(34)38-11-14-5-7-16(8-6-14)32(36)37;1-18(2)8-4-9-12(19-20(3)14(9)11(18)5-8)6-10-15(22)21-13(17(23)24)7-25-16(10)21/h5-8,12,15,18,22,25H,9-11H2,1-4H3;6-8,11,16H,4-5H2,1-3H3,(H,23,24)/b;10-6-/t15?,18?,22?,25-,27?;8?,11?,16-/m11/s1. The third-order valence-corrected chi connectivity index (χ3v) is 19.1. The van der Waals surface area contributed by atoms with E-state index >= 15 is 0 Å². The Morgan fingerprint density at radius 1 is 0.938 bits per heavy atom. The van der Waals surface area contributed by atoms with Gasteiger partial charge in [0.25, 0.3) is 17.5 Å². The molecular formula is C45H46BrN7O10S2. The van der Waals surface area contributed by atoms with E-state index in [4.69, 9.17) is 19.7 Å². The normalized spacial score (nSPS) is 29.8. The van der Waals surface area contributed by atoms with Crippen molar-refractivity contribution in [3.63, 3.8) is 0 Å². The van der Waals surface area contributed by atoms with Crippen LogP contribution in [0.25, 0.3) is 6.08 Å². The summed E-state index contributed by atoms with van der Waals surface area (Å²) in [4.78, 5) is 75.6. The van der Waals surface area contributed by atoms with E-state index in [2.05, 4.69) is 48.7 Å². The van der Waals surface area contributed by atoms with E-state index in [1.807, 2.05) is 29.5 Å². The van der Waals surface area contributed by atoms with Gasteiger partial charge in [0.15, 0.2) is 10.4 Å². The van der Waals surface area contributed by atoms with Crippen LogP contribution < -0.4 is 0 Å². The van der Waals surface area contributed by atoms with Crippen LogP contribution in [0, 0.1) is 32.8 Å². The summed E-state index contributed by atoms with van der Waals surface area (Å²) >= 11 is 6.29. The summed E-state index contributed by atoms with van der Waals surface area (Å²) in [5, 5.41) is 31.9. The molecule has 0 radical (unpaired) electrons. The number of aromatic nitrogens is 4. The number of benzene rings is 1. The van der Waals surface area contributed by atoms with E-state index in [9.17, 15) is 34.1 Å². The Labute approximate surface area is 390 Å². The number of nitrogens with zero attached hydrogens (tertiary/aromatic N) is 7. The molecule has 2 saturated heterocycles. The Hall–Kier alpha value is -5.21. The first-order chi connectivity index (χ1) is 30.7.